The van der Waals surface area contributed by atoms with E-state index in [2.05, 4.69) is 25.0 Å². The number of hydrogen-bond acceptors (Lipinski definition) is 6. The molecule has 6 nitrogen and oxygen atoms in total. The third-order valence-corrected chi connectivity index (χ3v) is 5.68. The van der Waals surface area contributed by atoms with Crippen molar-refractivity contribution in [1.82, 2.24) is 24.6 Å². The van der Waals surface area contributed by atoms with Crippen molar-refractivity contribution >= 4 is 16.5 Å². The van der Waals surface area contributed by atoms with Crippen molar-refractivity contribution in [2.24, 2.45) is 0 Å². The number of alkyl halides is 2. The molecule has 0 unspecified atom stereocenters. The summed E-state index contributed by atoms with van der Waals surface area (Å²) in [6.45, 7) is 0.809. The molecule has 3 heterocycles. The predicted octanol–water partition coefficient (Wildman–Crippen LogP) is 3.18. The van der Waals surface area contributed by atoms with Crippen LogP contribution in [-0.2, 0) is 13.0 Å². The van der Waals surface area contributed by atoms with E-state index < -0.39 is 6.55 Å². The first kappa shape index (κ1) is 18.9. The summed E-state index contributed by atoms with van der Waals surface area (Å²) in [5.41, 5.74) is 0.989. The molecule has 0 saturated carbocycles. The molecule has 10 heteroatoms. The predicted molar refractivity (Wildman–Crippen MR) is 100 cm³/mol. The molecule has 0 atom stereocenters. The number of rotatable bonds is 6. The lowest BCUT2D eigenvalue weighted by Crippen LogP contribution is -2.46. The van der Waals surface area contributed by atoms with Crippen LogP contribution in [-0.4, -0.2) is 50.8 Å². The Morgan fingerprint density at radius 3 is 2.50 bits per heavy atom. The van der Waals surface area contributed by atoms with Gasteiger partial charge in [-0.3, -0.25) is 9.47 Å². The van der Waals surface area contributed by atoms with E-state index in [9.17, 15) is 13.2 Å². The molecule has 0 radical (unpaired) electrons. The Balaban J connectivity index is 1.32. The minimum absolute atomic E-state index is 0.254. The van der Waals surface area contributed by atoms with E-state index in [4.69, 9.17) is 0 Å². The first-order valence-corrected chi connectivity index (χ1v) is 9.74. The second-order valence-corrected chi connectivity index (χ2v) is 7.61. The summed E-state index contributed by atoms with van der Waals surface area (Å²) in [6.07, 6.45) is 3.33. The van der Waals surface area contributed by atoms with Crippen LogP contribution in [0.5, 0.6) is 0 Å². The fraction of sp³-hybridized carbons (Fsp3) is 0.389. The molecule has 1 aliphatic rings. The lowest BCUT2D eigenvalue weighted by molar-refractivity contribution is 0.0637. The molecule has 0 amide bonds. The summed E-state index contributed by atoms with van der Waals surface area (Å²) in [5, 5.41) is 10.3. The molecule has 1 aliphatic heterocycles. The monoisotopic (exact) mass is 408 g/mol. The van der Waals surface area contributed by atoms with Crippen LogP contribution in [0.3, 0.4) is 0 Å². The summed E-state index contributed by atoms with van der Waals surface area (Å²) in [4.78, 5) is 8.31. The topological polar surface area (TPSA) is 50.1 Å². The molecule has 0 N–H and O–H groups in total. The third-order valence-electron chi connectivity index (χ3n) is 4.69. The molecule has 1 saturated heterocycles. The van der Waals surface area contributed by atoms with E-state index in [0.29, 0.717) is 18.8 Å². The smallest absolute Gasteiger partial charge is 0.319 e. The first-order chi connectivity index (χ1) is 13.6. The van der Waals surface area contributed by atoms with Crippen LogP contribution in [0.1, 0.15) is 22.9 Å². The van der Waals surface area contributed by atoms with E-state index in [1.807, 2.05) is 0 Å². The standard InChI is InChI=1S/C18H19F3N6S/c19-14-3-1-13(2-4-14)11-16-23-24-18(28-16)26-9-7-25(8-10-26)12-15-22-5-6-27(15)17(20)21/h1-6,17H,7-12H2. The number of aromatic nitrogens is 4. The summed E-state index contributed by atoms with van der Waals surface area (Å²) in [7, 11) is 0. The summed E-state index contributed by atoms with van der Waals surface area (Å²) in [5.74, 6) is 0.122. The van der Waals surface area contributed by atoms with Crippen LogP contribution >= 0.6 is 11.3 Å². The fourth-order valence-electron chi connectivity index (χ4n) is 3.16. The Morgan fingerprint density at radius 2 is 1.79 bits per heavy atom. The second-order valence-electron chi connectivity index (χ2n) is 6.57. The molecule has 1 fully saturated rings. The van der Waals surface area contributed by atoms with Gasteiger partial charge in [0, 0.05) is 45.0 Å². The number of halogens is 3. The molecule has 0 bridgehead atoms. The first-order valence-electron chi connectivity index (χ1n) is 8.92. The average Bonchev–Trinajstić information content (AvgIpc) is 3.34. The number of imidazole rings is 1. The summed E-state index contributed by atoms with van der Waals surface area (Å²) in [6, 6.07) is 6.38. The van der Waals surface area contributed by atoms with Crippen LogP contribution < -0.4 is 4.90 Å². The highest BCUT2D eigenvalue weighted by molar-refractivity contribution is 7.15. The minimum Gasteiger partial charge on any atom is -0.344 e. The SMILES string of the molecule is Fc1ccc(Cc2nnc(N3CCN(Cc4nccn4C(F)F)CC3)s2)cc1. The van der Waals surface area contributed by atoms with Crippen LogP contribution in [0.25, 0.3) is 0 Å². The van der Waals surface area contributed by atoms with E-state index in [0.717, 1.165) is 46.4 Å². The zero-order chi connectivity index (χ0) is 19.5. The van der Waals surface area contributed by atoms with Crippen molar-refractivity contribution in [3.8, 4) is 0 Å². The van der Waals surface area contributed by atoms with E-state index in [1.165, 1.54) is 35.9 Å². The maximum atomic E-state index is 13.0. The third kappa shape index (κ3) is 4.33. The van der Waals surface area contributed by atoms with Gasteiger partial charge in [-0.2, -0.15) is 8.78 Å². The molecule has 148 valence electrons. The second kappa shape index (κ2) is 8.27. The van der Waals surface area contributed by atoms with Gasteiger partial charge < -0.3 is 4.90 Å². The highest BCUT2D eigenvalue weighted by Crippen LogP contribution is 2.24. The minimum atomic E-state index is -2.57. The van der Waals surface area contributed by atoms with Gasteiger partial charge in [-0.1, -0.05) is 23.5 Å². The molecule has 0 aliphatic carbocycles. The van der Waals surface area contributed by atoms with Gasteiger partial charge in [0.05, 0.1) is 6.54 Å². The number of hydrogen-bond donors (Lipinski definition) is 0. The summed E-state index contributed by atoms with van der Waals surface area (Å²) >= 11 is 1.53. The van der Waals surface area contributed by atoms with Crippen molar-refractivity contribution in [1.29, 1.82) is 0 Å². The highest BCUT2D eigenvalue weighted by atomic mass is 32.1. The van der Waals surface area contributed by atoms with Crippen LogP contribution in [0.4, 0.5) is 18.3 Å². The molecular weight excluding hydrogens is 389 g/mol. The van der Waals surface area contributed by atoms with E-state index in [-0.39, 0.29) is 5.82 Å². The van der Waals surface area contributed by atoms with Crippen LogP contribution in [0.2, 0.25) is 0 Å². The Bertz CT molecular complexity index is 902. The Labute approximate surface area is 164 Å². The largest absolute Gasteiger partial charge is 0.344 e. The van der Waals surface area contributed by atoms with E-state index in [1.54, 1.807) is 12.1 Å². The van der Waals surface area contributed by atoms with E-state index >= 15 is 0 Å². The average molecular weight is 408 g/mol. The maximum absolute atomic E-state index is 13.0. The highest BCUT2D eigenvalue weighted by Gasteiger charge is 2.22. The fourth-order valence-corrected chi connectivity index (χ4v) is 4.09. The van der Waals surface area contributed by atoms with Gasteiger partial charge in [-0.15, -0.1) is 10.2 Å². The van der Waals surface area contributed by atoms with Crippen molar-refractivity contribution in [2.75, 3.05) is 31.1 Å². The van der Waals surface area contributed by atoms with Gasteiger partial charge in [0.2, 0.25) is 5.13 Å². The van der Waals surface area contributed by atoms with Crippen molar-refractivity contribution in [2.45, 2.75) is 19.5 Å². The number of piperazine rings is 1. The normalized spacial score (nSPS) is 15.5. The quantitative estimate of drug-likeness (QED) is 0.627. The van der Waals surface area contributed by atoms with Gasteiger partial charge in [0.15, 0.2) is 0 Å². The zero-order valence-corrected chi connectivity index (χ0v) is 15.8. The number of nitrogens with zero attached hydrogens (tertiary/aromatic N) is 6. The molecule has 28 heavy (non-hydrogen) atoms. The van der Waals surface area contributed by atoms with Crippen LogP contribution in [0.15, 0.2) is 36.7 Å². The maximum Gasteiger partial charge on any atom is 0.319 e. The van der Waals surface area contributed by atoms with Gasteiger partial charge in [-0.25, -0.2) is 9.37 Å². The Morgan fingerprint density at radius 1 is 1.04 bits per heavy atom. The van der Waals surface area contributed by atoms with Gasteiger partial charge >= 0.3 is 6.55 Å². The summed E-state index contributed by atoms with van der Waals surface area (Å²) < 4.78 is 39.8. The molecule has 1 aromatic carbocycles. The molecule has 0 spiro atoms. The molecule has 2 aromatic heterocycles. The number of benzene rings is 1. The zero-order valence-electron chi connectivity index (χ0n) is 15.0. The molecular formula is C18H19F3N6S. The van der Waals surface area contributed by atoms with Crippen molar-refractivity contribution < 1.29 is 13.2 Å². The van der Waals surface area contributed by atoms with Crippen molar-refractivity contribution in [3.05, 3.63) is 58.9 Å². The van der Waals surface area contributed by atoms with Gasteiger partial charge in [0.25, 0.3) is 0 Å². The van der Waals surface area contributed by atoms with Gasteiger partial charge in [0.1, 0.15) is 16.6 Å². The molecule has 4 rings (SSSR count). The number of anilines is 1. The Kier molecular flexibility index (Phi) is 5.58. The van der Waals surface area contributed by atoms with Gasteiger partial charge in [-0.05, 0) is 17.7 Å². The Hall–Kier alpha value is -2.46. The van der Waals surface area contributed by atoms with Crippen molar-refractivity contribution in [3.63, 3.8) is 0 Å². The lowest BCUT2D eigenvalue weighted by Gasteiger charge is -2.34. The van der Waals surface area contributed by atoms with Crippen LogP contribution in [0, 0.1) is 5.82 Å². The molecule has 3 aromatic rings. The lowest BCUT2D eigenvalue weighted by atomic mass is 10.2.